The Balaban J connectivity index is 2.08. The molecule has 0 bridgehead atoms. The highest BCUT2D eigenvalue weighted by Gasteiger charge is 2.16. The normalized spacial score (nSPS) is 10.8. The number of furan rings is 1. The van der Waals surface area contributed by atoms with Gasteiger partial charge >= 0.3 is 0 Å². The fraction of sp³-hybridized carbons (Fsp3) is 0.188. The van der Waals surface area contributed by atoms with E-state index in [1.165, 1.54) is 0 Å². The van der Waals surface area contributed by atoms with Crippen LogP contribution < -0.4 is 4.74 Å². The summed E-state index contributed by atoms with van der Waals surface area (Å²) in [5.41, 5.74) is 1.54. The van der Waals surface area contributed by atoms with Gasteiger partial charge in [-0.3, -0.25) is 0 Å². The number of rotatable bonds is 4. The molecule has 0 spiro atoms. The van der Waals surface area contributed by atoms with E-state index in [9.17, 15) is 0 Å². The summed E-state index contributed by atoms with van der Waals surface area (Å²) in [4.78, 5) is 4.44. The third kappa shape index (κ3) is 2.91. The first-order chi connectivity index (χ1) is 10.2. The van der Waals surface area contributed by atoms with Crippen molar-refractivity contribution < 1.29 is 9.15 Å². The van der Waals surface area contributed by atoms with Gasteiger partial charge in [0.25, 0.3) is 0 Å². The topological polar surface area (TPSA) is 61.0 Å². The van der Waals surface area contributed by atoms with Gasteiger partial charge in [-0.2, -0.15) is 4.98 Å². The van der Waals surface area contributed by atoms with Crippen molar-refractivity contribution >= 4 is 0 Å². The van der Waals surface area contributed by atoms with Gasteiger partial charge in [0.1, 0.15) is 0 Å². The maximum absolute atomic E-state index is 5.78. The van der Waals surface area contributed by atoms with Gasteiger partial charge in [0.05, 0.1) is 12.4 Å². The molecular weight excluding hydrogens is 266 g/mol. The minimum absolute atomic E-state index is 0.00591. The molecule has 5 heteroatoms. The molecule has 0 unspecified atom stereocenters. The Morgan fingerprint density at radius 3 is 2.48 bits per heavy atom. The van der Waals surface area contributed by atoms with Crippen LogP contribution in [0.1, 0.15) is 13.8 Å². The second kappa shape index (κ2) is 5.75. The van der Waals surface area contributed by atoms with Crippen molar-refractivity contribution in [3.8, 4) is 28.7 Å². The molecular formula is C16H15N3O2. The van der Waals surface area contributed by atoms with Gasteiger partial charge in [0.2, 0.25) is 11.7 Å². The Bertz CT molecular complexity index is 710. The molecule has 0 saturated carbocycles. The van der Waals surface area contributed by atoms with E-state index >= 15 is 0 Å². The minimum Gasteiger partial charge on any atom is -0.473 e. The first kappa shape index (κ1) is 13.3. The van der Waals surface area contributed by atoms with Crippen LogP contribution in [0.2, 0.25) is 0 Å². The molecule has 2 heterocycles. The van der Waals surface area contributed by atoms with Gasteiger partial charge in [-0.25, -0.2) is 0 Å². The lowest BCUT2D eigenvalue weighted by atomic mass is 10.1. The number of aromatic nitrogens is 3. The minimum atomic E-state index is -0.00591. The van der Waals surface area contributed by atoms with Gasteiger partial charge in [-0.15, -0.1) is 10.2 Å². The van der Waals surface area contributed by atoms with Crippen LogP contribution >= 0.6 is 0 Å². The largest absolute Gasteiger partial charge is 0.473 e. The summed E-state index contributed by atoms with van der Waals surface area (Å²) in [6.45, 7) is 3.90. The van der Waals surface area contributed by atoms with E-state index in [0.717, 1.165) is 5.56 Å². The van der Waals surface area contributed by atoms with Crippen molar-refractivity contribution in [2.24, 2.45) is 0 Å². The van der Waals surface area contributed by atoms with E-state index in [0.29, 0.717) is 23.2 Å². The van der Waals surface area contributed by atoms with E-state index in [-0.39, 0.29) is 6.10 Å². The maximum atomic E-state index is 5.78. The second-order valence-electron chi connectivity index (χ2n) is 4.80. The van der Waals surface area contributed by atoms with Gasteiger partial charge in [0, 0.05) is 5.56 Å². The molecule has 0 aliphatic carbocycles. The van der Waals surface area contributed by atoms with Crippen molar-refractivity contribution in [1.82, 2.24) is 15.2 Å². The summed E-state index contributed by atoms with van der Waals surface area (Å²) in [6, 6.07) is 13.3. The summed E-state index contributed by atoms with van der Waals surface area (Å²) >= 11 is 0. The zero-order chi connectivity index (χ0) is 14.7. The van der Waals surface area contributed by atoms with E-state index in [4.69, 9.17) is 9.15 Å². The van der Waals surface area contributed by atoms with Crippen LogP contribution in [-0.4, -0.2) is 21.3 Å². The molecule has 0 atom stereocenters. The summed E-state index contributed by atoms with van der Waals surface area (Å²) in [5, 5.41) is 8.39. The van der Waals surface area contributed by atoms with Gasteiger partial charge in [-0.05, 0) is 26.0 Å². The van der Waals surface area contributed by atoms with E-state index in [1.54, 1.807) is 18.4 Å². The SMILES string of the molecule is CC(C)Oc1nc(-c2ccco2)nnc1-c1ccccc1. The zero-order valence-corrected chi connectivity index (χ0v) is 11.9. The first-order valence-electron chi connectivity index (χ1n) is 6.74. The van der Waals surface area contributed by atoms with Crippen LogP contribution in [0.5, 0.6) is 5.88 Å². The third-order valence-electron chi connectivity index (χ3n) is 2.79. The molecule has 0 N–H and O–H groups in total. The first-order valence-corrected chi connectivity index (χ1v) is 6.74. The molecule has 2 aromatic heterocycles. The lowest BCUT2D eigenvalue weighted by Crippen LogP contribution is -2.10. The van der Waals surface area contributed by atoms with E-state index in [2.05, 4.69) is 15.2 Å². The Morgan fingerprint density at radius 1 is 1.00 bits per heavy atom. The predicted molar refractivity (Wildman–Crippen MR) is 78.7 cm³/mol. The fourth-order valence-corrected chi connectivity index (χ4v) is 1.90. The van der Waals surface area contributed by atoms with E-state index < -0.39 is 0 Å². The molecule has 0 aliphatic heterocycles. The highest BCUT2D eigenvalue weighted by Crippen LogP contribution is 2.28. The van der Waals surface area contributed by atoms with Crippen LogP contribution in [0.4, 0.5) is 0 Å². The Hall–Kier alpha value is -2.69. The number of nitrogens with zero attached hydrogens (tertiary/aromatic N) is 3. The molecule has 0 amide bonds. The van der Waals surface area contributed by atoms with Gasteiger partial charge in [0.15, 0.2) is 11.5 Å². The molecule has 21 heavy (non-hydrogen) atoms. The van der Waals surface area contributed by atoms with Crippen molar-refractivity contribution in [3.05, 3.63) is 48.7 Å². The number of hydrogen-bond donors (Lipinski definition) is 0. The van der Waals surface area contributed by atoms with Gasteiger partial charge in [-0.1, -0.05) is 30.3 Å². The lowest BCUT2D eigenvalue weighted by molar-refractivity contribution is 0.232. The summed E-state index contributed by atoms with van der Waals surface area (Å²) in [7, 11) is 0. The van der Waals surface area contributed by atoms with E-state index in [1.807, 2.05) is 44.2 Å². The Morgan fingerprint density at radius 2 is 1.81 bits per heavy atom. The average Bonchev–Trinajstić information content (AvgIpc) is 3.02. The monoisotopic (exact) mass is 281 g/mol. The number of hydrogen-bond acceptors (Lipinski definition) is 5. The Kier molecular flexibility index (Phi) is 3.64. The van der Waals surface area contributed by atoms with Crippen LogP contribution in [0.15, 0.2) is 53.1 Å². The lowest BCUT2D eigenvalue weighted by Gasteiger charge is -2.12. The summed E-state index contributed by atoms with van der Waals surface area (Å²) in [6.07, 6.45) is 1.57. The van der Waals surface area contributed by atoms with Crippen LogP contribution in [0.3, 0.4) is 0 Å². The van der Waals surface area contributed by atoms with Crippen molar-refractivity contribution in [1.29, 1.82) is 0 Å². The van der Waals surface area contributed by atoms with Gasteiger partial charge < -0.3 is 9.15 Å². The van der Waals surface area contributed by atoms with Crippen molar-refractivity contribution in [2.75, 3.05) is 0 Å². The second-order valence-corrected chi connectivity index (χ2v) is 4.80. The molecule has 106 valence electrons. The van der Waals surface area contributed by atoms with Crippen LogP contribution in [0, 0.1) is 0 Å². The van der Waals surface area contributed by atoms with Crippen molar-refractivity contribution in [2.45, 2.75) is 20.0 Å². The Labute approximate surface area is 122 Å². The molecule has 0 radical (unpaired) electrons. The molecule has 0 fully saturated rings. The molecule has 0 saturated heterocycles. The summed E-state index contributed by atoms with van der Waals surface area (Å²) < 4.78 is 11.1. The number of ether oxygens (including phenoxy) is 1. The van der Waals surface area contributed by atoms with Crippen LogP contribution in [0.25, 0.3) is 22.8 Å². The molecule has 5 nitrogen and oxygen atoms in total. The molecule has 3 aromatic rings. The van der Waals surface area contributed by atoms with Crippen molar-refractivity contribution in [3.63, 3.8) is 0 Å². The maximum Gasteiger partial charge on any atom is 0.245 e. The average molecular weight is 281 g/mol. The summed E-state index contributed by atoms with van der Waals surface area (Å²) in [5.74, 6) is 1.43. The quantitative estimate of drug-likeness (QED) is 0.731. The number of benzene rings is 1. The standard InChI is InChI=1S/C16H15N3O2/c1-11(2)21-16-14(12-7-4-3-5-8-12)18-19-15(17-16)13-9-6-10-20-13/h3-11H,1-2H3. The highest BCUT2D eigenvalue weighted by molar-refractivity contribution is 5.64. The zero-order valence-electron chi connectivity index (χ0n) is 11.9. The highest BCUT2D eigenvalue weighted by atomic mass is 16.5. The van der Waals surface area contributed by atoms with Crippen LogP contribution in [-0.2, 0) is 0 Å². The third-order valence-corrected chi connectivity index (χ3v) is 2.79. The smallest absolute Gasteiger partial charge is 0.245 e. The molecule has 1 aromatic carbocycles. The fourth-order valence-electron chi connectivity index (χ4n) is 1.90. The molecule has 3 rings (SSSR count). The molecule has 0 aliphatic rings. The predicted octanol–water partition coefficient (Wildman–Crippen LogP) is 3.59.